The van der Waals surface area contributed by atoms with Gasteiger partial charge < -0.3 is 9.88 Å². The number of benzene rings is 3. The van der Waals surface area contributed by atoms with E-state index in [0.717, 1.165) is 60.3 Å². The largest absolute Gasteiger partial charge is 0.323 e. The summed E-state index contributed by atoms with van der Waals surface area (Å²) in [5, 5.41) is 3.47. The number of hydrogen-bond donors (Lipinski definition) is 1. The molecule has 1 atom stereocenters. The average Bonchev–Trinajstić information content (AvgIpc) is 3.29. The zero-order valence-corrected chi connectivity index (χ0v) is 20.2. The van der Waals surface area contributed by atoms with E-state index in [1.165, 1.54) is 15.8 Å². The van der Waals surface area contributed by atoms with Gasteiger partial charge in [-0.2, -0.15) is 0 Å². The Kier molecular flexibility index (Phi) is 4.86. The van der Waals surface area contributed by atoms with E-state index in [4.69, 9.17) is 4.98 Å². The van der Waals surface area contributed by atoms with Gasteiger partial charge in [-0.1, -0.05) is 42.5 Å². The highest BCUT2D eigenvalue weighted by Gasteiger charge is 2.48. The molecule has 0 spiro atoms. The second-order valence-corrected chi connectivity index (χ2v) is 10.9. The lowest BCUT2D eigenvalue weighted by molar-refractivity contribution is -0.129. The standard InChI is InChI=1S/C29H26N4OS/c34-27(20-7-8-20)29(13-14-30-16-29)17-33-25-4-2-1-3-23(25)32-28(33)21-9-5-19(6-10-21)22-11-12-24-26(15-22)35-18-31-24/h1-6,9-12,15,18,20,30H,7-8,13-14,16-17H2/t29-/m0/s1. The van der Waals surface area contributed by atoms with E-state index < -0.39 is 0 Å². The van der Waals surface area contributed by atoms with Crippen molar-refractivity contribution in [2.75, 3.05) is 13.1 Å². The Hall–Kier alpha value is -3.35. The lowest BCUT2D eigenvalue weighted by Gasteiger charge is -2.28. The fourth-order valence-corrected chi connectivity index (χ4v) is 6.27. The van der Waals surface area contributed by atoms with E-state index >= 15 is 0 Å². The van der Waals surface area contributed by atoms with Crippen LogP contribution in [0.5, 0.6) is 0 Å². The van der Waals surface area contributed by atoms with Gasteiger partial charge in [0.2, 0.25) is 0 Å². The van der Waals surface area contributed by atoms with Crippen molar-refractivity contribution >= 4 is 38.4 Å². The van der Waals surface area contributed by atoms with Crippen LogP contribution in [0.25, 0.3) is 43.8 Å². The maximum Gasteiger partial charge on any atom is 0.145 e. The molecule has 5 nitrogen and oxygen atoms in total. The first-order valence-electron chi connectivity index (χ1n) is 12.3. The molecule has 0 unspecified atom stereocenters. The number of ketones is 1. The summed E-state index contributed by atoms with van der Waals surface area (Å²) in [7, 11) is 0. The van der Waals surface area contributed by atoms with Crippen LogP contribution in [-0.4, -0.2) is 33.4 Å². The molecule has 1 aliphatic heterocycles. The molecular weight excluding hydrogens is 452 g/mol. The smallest absolute Gasteiger partial charge is 0.145 e. The highest BCUT2D eigenvalue weighted by atomic mass is 32.1. The number of rotatable bonds is 6. The number of fused-ring (bicyclic) bond motifs is 2. The Balaban J connectivity index is 1.29. The molecule has 5 aromatic rings. The normalized spacial score (nSPS) is 20.1. The minimum atomic E-state index is -0.344. The first kappa shape index (κ1) is 21.0. The number of nitrogens with one attached hydrogen (secondary N) is 1. The van der Waals surface area contributed by atoms with Crippen molar-refractivity contribution in [3.8, 4) is 22.5 Å². The lowest BCUT2D eigenvalue weighted by atomic mass is 9.80. The minimum absolute atomic E-state index is 0.253. The molecule has 174 valence electrons. The Bertz CT molecular complexity index is 1550. The molecule has 2 aromatic heterocycles. The van der Waals surface area contributed by atoms with E-state index in [1.54, 1.807) is 11.3 Å². The van der Waals surface area contributed by atoms with Crippen molar-refractivity contribution in [3.05, 3.63) is 72.2 Å². The highest BCUT2D eigenvalue weighted by Crippen LogP contribution is 2.42. The number of Topliss-reactive ketones (excluding diaryl/α,β-unsaturated/α-hetero) is 1. The van der Waals surface area contributed by atoms with Gasteiger partial charge in [-0.05, 0) is 61.2 Å². The number of nitrogens with zero attached hydrogens (tertiary/aromatic N) is 3. The average molecular weight is 479 g/mol. The number of thiazole rings is 1. The predicted molar refractivity (Wildman–Crippen MR) is 141 cm³/mol. The second kappa shape index (κ2) is 8.11. The van der Waals surface area contributed by atoms with Crippen LogP contribution in [0.1, 0.15) is 19.3 Å². The Labute approximate surface area is 207 Å². The summed E-state index contributed by atoms with van der Waals surface area (Å²) < 4.78 is 3.49. The van der Waals surface area contributed by atoms with Crippen LogP contribution in [0, 0.1) is 11.3 Å². The summed E-state index contributed by atoms with van der Waals surface area (Å²) in [6.45, 7) is 2.33. The molecule has 1 aliphatic carbocycles. The third-order valence-electron chi connectivity index (χ3n) is 7.64. The molecule has 7 rings (SSSR count). The predicted octanol–water partition coefficient (Wildman–Crippen LogP) is 5.94. The quantitative estimate of drug-likeness (QED) is 0.328. The molecule has 3 aromatic carbocycles. The van der Waals surface area contributed by atoms with Gasteiger partial charge in [-0.3, -0.25) is 4.79 Å². The number of imidazole rings is 1. The molecule has 2 fully saturated rings. The number of hydrogen-bond acceptors (Lipinski definition) is 5. The van der Waals surface area contributed by atoms with Crippen LogP contribution in [0.2, 0.25) is 0 Å². The summed E-state index contributed by atoms with van der Waals surface area (Å²) in [6, 6.07) is 23.4. The molecule has 1 saturated heterocycles. The fraction of sp³-hybridized carbons (Fsp3) is 0.276. The minimum Gasteiger partial charge on any atom is -0.323 e. The summed E-state index contributed by atoms with van der Waals surface area (Å²) in [6.07, 6.45) is 2.99. The summed E-state index contributed by atoms with van der Waals surface area (Å²) in [5.41, 5.74) is 8.09. The van der Waals surface area contributed by atoms with Crippen molar-refractivity contribution in [1.29, 1.82) is 0 Å². The first-order chi connectivity index (χ1) is 17.2. The molecule has 1 N–H and O–H groups in total. The maximum atomic E-state index is 13.4. The molecular formula is C29H26N4OS. The molecule has 3 heterocycles. The summed E-state index contributed by atoms with van der Waals surface area (Å²) >= 11 is 1.67. The van der Waals surface area contributed by atoms with Crippen molar-refractivity contribution in [2.24, 2.45) is 11.3 Å². The Morgan fingerprint density at radius 3 is 2.60 bits per heavy atom. The van der Waals surface area contributed by atoms with E-state index in [1.807, 2.05) is 11.6 Å². The van der Waals surface area contributed by atoms with Crippen LogP contribution in [0.4, 0.5) is 0 Å². The van der Waals surface area contributed by atoms with Gasteiger partial charge in [0.1, 0.15) is 11.6 Å². The molecule has 0 radical (unpaired) electrons. The number of para-hydroxylation sites is 2. The zero-order chi connectivity index (χ0) is 23.4. The van der Waals surface area contributed by atoms with Gasteiger partial charge in [0.15, 0.2) is 0 Å². The van der Waals surface area contributed by atoms with Crippen LogP contribution in [0.3, 0.4) is 0 Å². The zero-order valence-electron chi connectivity index (χ0n) is 19.4. The van der Waals surface area contributed by atoms with Crippen LogP contribution in [0.15, 0.2) is 72.2 Å². The lowest BCUT2D eigenvalue weighted by Crippen LogP contribution is -2.39. The third-order valence-corrected chi connectivity index (χ3v) is 8.43. The van der Waals surface area contributed by atoms with Crippen molar-refractivity contribution in [1.82, 2.24) is 19.9 Å². The molecule has 35 heavy (non-hydrogen) atoms. The van der Waals surface area contributed by atoms with Gasteiger partial charge in [0, 0.05) is 24.6 Å². The van der Waals surface area contributed by atoms with Gasteiger partial charge in [0.25, 0.3) is 0 Å². The highest BCUT2D eigenvalue weighted by molar-refractivity contribution is 7.16. The molecule has 0 amide bonds. The van der Waals surface area contributed by atoms with Crippen LogP contribution >= 0.6 is 11.3 Å². The third kappa shape index (κ3) is 3.60. The van der Waals surface area contributed by atoms with Gasteiger partial charge in [0.05, 0.1) is 32.2 Å². The number of carbonyl (C=O) groups is 1. The monoisotopic (exact) mass is 478 g/mol. The topological polar surface area (TPSA) is 59.8 Å². The molecule has 0 bridgehead atoms. The first-order valence-corrected chi connectivity index (χ1v) is 13.2. The van der Waals surface area contributed by atoms with Gasteiger partial charge in [-0.15, -0.1) is 11.3 Å². The van der Waals surface area contributed by atoms with Crippen LogP contribution < -0.4 is 5.32 Å². The van der Waals surface area contributed by atoms with E-state index in [-0.39, 0.29) is 11.3 Å². The SMILES string of the molecule is O=C(C1CC1)[C@@]1(Cn2c(-c3ccc(-c4ccc5ncsc5c4)cc3)nc3ccccc32)CCNC1. The Morgan fingerprint density at radius 2 is 1.80 bits per heavy atom. The second-order valence-electron chi connectivity index (χ2n) is 9.97. The van der Waals surface area contributed by atoms with Crippen LogP contribution in [-0.2, 0) is 11.3 Å². The maximum absolute atomic E-state index is 13.4. The molecule has 1 saturated carbocycles. The van der Waals surface area contributed by atoms with Gasteiger partial charge in [-0.25, -0.2) is 9.97 Å². The number of carbonyl (C=O) groups excluding carboxylic acids is 1. The van der Waals surface area contributed by atoms with Gasteiger partial charge >= 0.3 is 0 Å². The summed E-state index contributed by atoms with van der Waals surface area (Å²) in [5.74, 6) is 1.63. The van der Waals surface area contributed by atoms with Crippen molar-refractivity contribution < 1.29 is 4.79 Å². The van der Waals surface area contributed by atoms with E-state index in [2.05, 4.69) is 75.5 Å². The molecule has 6 heteroatoms. The Morgan fingerprint density at radius 1 is 1.00 bits per heavy atom. The van der Waals surface area contributed by atoms with E-state index in [9.17, 15) is 4.79 Å². The van der Waals surface area contributed by atoms with E-state index in [0.29, 0.717) is 12.3 Å². The van der Waals surface area contributed by atoms with Crippen molar-refractivity contribution in [3.63, 3.8) is 0 Å². The summed E-state index contributed by atoms with van der Waals surface area (Å²) in [4.78, 5) is 22.9. The molecule has 2 aliphatic rings. The number of aromatic nitrogens is 3. The van der Waals surface area contributed by atoms with Crippen molar-refractivity contribution in [2.45, 2.75) is 25.8 Å². The fourth-order valence-electron chi connectivity index (χ4n) is 5.55.